The number of esters is 1. The van der Waals surface area contributed by atoms with E-state index in [9.17, 15) is 9.59 Å². The minimum absolute atomic E-state index is 0.0730. The highest BCUT2D eigenvalue weighted by Crippen LogP contribution is 2.54. The van der Waals surface area contributed by atoms with Crippen molar-refractivity contribution in [1.29, 1.82) is 0 Å². The van der Waals surface area contributed by atoms with Crippen molar-refractivity contribution in [2.24, 2.45) is 23.2 Å². The molecule has 1 heterocycles. The smallest absolute Gasteiger partial charge is 0.322 e. The zero-order valence-corrected chi connectivity index (χ0v) is 21.4. The highest BCUT2D eigenvalue weighted by atomic mass is 35.5. The van der Waals surface area contributed by atoms with Gasteiger partial charge in [-0.15, -0.1) is 0 Å². The third-order valence-corrected chi connectivity index (χ3v) is 8.05. The summed E-state index contributed by atoms with van der Waals surface area (Å²) < 4.78 is 11.2. The number of benzene rings is 2. The van der Waals surface area contributed by atoms with E-state index in [1.165, 1.54) is 12.7 Å². The van der Waals surface area contributed by atoms with Crippen molar-refractivity contribution in [2.45, 2.75) is 39.2 Å². The molecule has 2 aliphatic rings. The van der Waals surface area contributed by atoms with Crippen LogP contribution in [0.25, 0.3) is 0 Å². The van der Waals surface area contributed by atoms with Crippen molar-refractivity contribution in [1.82, 2.24) is 5.32 Å². The Kier molecular flexibility index (Phi) is 7.98. The summed E-state index contributed by atoms with van der Waals surface area (Å²) in [6, 6.07) is 17.7. The number of hydrogen-bond donors (Lipinski definition) is 1. The maximum atomic E-state index is 13.6. The van der Waals surface area contributed by atoms with E-state index in [0.717, 1.165) is 17.5 Å². The molecule has 0 unspecified atom stereocenters. The summed E-state index contributed by atoms with van der Waals surface area (Å²) in [7, 11) is 1.38. The van der Waals surface area contributed by atoms with Gasteiger partial charge in [-0.25, -0.2) is 0 Å². The van der Waals surface area contributed by atoms with Gasteiger partial charge in [0.05, 0.1) is 13.7 Å². The maximum Gasteiger partial charge on any atom is 0.322 e. The first-order valence-corrected chi connectivity index (χ1v) is 12.7. The second kappa shape index (κ2) is 11.0. The Bertz CT molecular complexity index is 1070. The Hall–Kier alpha value is -2.63. The van der Waals surface area contributed by atoms with Gasteiger partial charge in [0, 0.05) is 29.5 Å². The number of rotatable bonds is 9. The number of nitrogens with one attached hydrogen (secondary N) is 1. The Morgan fingerprint density at radius 3 is 2.46 bits per heavy atom. The molecule has 0 radical (unpaired) electrons. The van der Waals surface area contributed by atoms with Gasteiger partial charge in [0.1, 0.15) is 0 Å². The Morgan fingerprint density at radius 1 is 1.06 bits per heavy atom. The highest BCUT2D eigenvalue weighted by molar-refractivity contribution is 6.30. The number of methoxy groups -OCH3 is 1. The number of hydrogen-bond acceptors (Lipinski definition) is 4. The summed E-state index contributed by atoms with van der Waals surface area (Å²) in [5, 5.41) is 3.90. The van der Waals surface area contributed by atoms with E-state index in [4.69, 9.17) is 21.1 Å². The van der Waals surface area contributed by atoms with Crippen LogP contribution in [0.5, 0.6) is 0 Å². The maximum absolute atomic E-state index is 13.6. The third-order valence-electron chi connectivity index (χ3n) is 7.80. The molecule has 35 heavy (non-hydrogen) atoms. The molecular weight excluding hydrogens is 462 g/mol. The second-order valence-corrected chi connectivity index (χ2v) is 10.2. The second-order valence-electron chi connectivity index (χ2n) is 9.74. The van der Waals surface area contributed by atoms with Gasteiger partial charge in [0.25, 0.3) is 0 Å². The van der Waals surface area contributed by atoms with Gasteiger partial charge in [-0.05, 0) is 55.4 Å². The molecular formula is C29H34ClNO4. The van der Waals surface area contributed by atoms with Gasteiger partial charge >= 0.3 is 5.97 Å². The zero-order valence-electron chi connectivity index (χ0n) is 20.6. The molecule has 4 rings (SSSR count). The summed E-state index contributed by atoms with van der Waals surface area (Å²) in [5.41, 5.74) is 2.25. The number of ether oxygens (including phenoxy) is 2. The van der Waals surface area contributed by atoms with Crippen LogP contribution in [0.1, 0.15) is 31.4 Å². The van der Waals surface area contributed by atoms with Crippen LogP contribution in [0.15, 0.2) is 66.2 Å². The van der Waals surface area contributed by atoms with Crippen LogP contribution in [0.3, 0.4) is 0 Å². The number of fused-ring (bicyclic) bond motifs is 1. The van der Waals surface area contributed by atoms with E-state index in [1.54, 1.807) is 0 Å². The monoisotopic (exact) mass is 495 g/mol. The van der Waals surface area contributed by atoms with Crippen molar-refractivity contribution in [2.75, 3.05) is 20.3 Å². The lowest BCUT2D eigenvalue weighted by Crippen LogP contribution is -2.53. The quantitative estimate of drug-likeness (QED) is 0.230. The molecule has 0 bridgehead atoms. The molecule has 1 N–H and O–H groups in total. The molecule has 5 nitrogen and oxygen atoms in total. The van der Waals surface area contributed by atoms with Crippen molar-refractivity contribution in [3.63, 3.8) is 0 Å². The van der Waals surface area contributed by atoms with E-state index in [2.05, 4.69) is 37.4 Å². The largest absolute Gasteiger partial charge is 0.468 e. The summed E-state index contributed by atoms with van der Waals surface area (Å²) in [6.45, 7) is 5.23. The van der Waals surface area contributed by atoms with Gasteiger partial charge in [0.2, 0.25) is 5.91 Å². The van der Waals surface area contributed by atoms with E-state index < -0.39 is 11.4 Å². The molecule has 5 atom stereocenters. The summed E-state index contributed by atoms with van der Waals surface area (Å²) >= 11 is 5.96. The first-order chi connectivity index (χ1) is 16.9. The average molecular weight is 496 g/mol. The molecule has 1 fully saturated rings. The minimum atomic E-state index is -1.24. The van der Waals surface area contributed by atoms with E-state index >= 15 is 0 Å². The molecule has 1 amide bonds. The minimum Gasteiger partial charge on any atom is -0.468 e. The number of allylic oxidation sites excluding steroid dienone is 2. The molecule has 2 aromatic carbocycles. The number of halogens is 1. The normalized spacial score (nSPS) is 27.7. The fourth-order valence-electron chi connectivity index (χ4n) is 5.95. The van der Waals surface area contributed by atoms with Crippen molar-refractivity contribution < 1.29 is 19.1 Å². The Labute approximate surface area is 212 Å². The zero-order chi connectivity index (χ0) is 25.0. The molecule has 1 aliphatic heterocycles. The fraction of sp³-hybridized carbons (Fsp3) is 0.448. The predicted octanol–water partition coefficient (Wildman–Crippen LogP) is 5.02. The van der Waals surface area contributed by atoms with Gasteiger partial charge in [0.15, 0.2) is 5.41 Å². The van der Waals surface area contributed by atoms with Crippen LogP contribution < -0.4 is 5.32 Å². The van der Waals surface area contributed by atoms with Gasteiger partial charge < -0.3 is 14.8 Å². The van der Waals surface area contributed by atoms with E-state index in [0.29, 0.717) is 31.1 Å². The van der Waals surface area contributed by atoms with Gasteiger partial charge in [-0.2, -0.15) is 0 Å². The summed E-state index contributed by atoms with van der Waals surface area (Å²) in [5.74, 6) is -1.07. The first-order valence-electron chi connectivity index (χ1n) is 12.3. The predicted molar refractivity (Wildman–Crippen MR) is 137 cm³/mol. The molecule has 1 aliphatic carbocycles. The third kappa shape index (κ3) is 5.03. The Balaban J connectivity index is 1.51. The van der Waals surface area contributed by atoms with Crippen LogP contribution in [0, 0.1) is 23.2 Å². The van der Waals surface area contributed by atoms with Crippen LogP contribution in [0.4, 0.5) is 0 Å². The van der Waals surface area contributed by atoms with Crippen LogP contribution in [0.2, 0.25) is 5.02 Å². The van der Waals surface area contributed by atoms with Gasteiger partial charge in [-0.1, -0.05) is 72.6 Å². The topological polar surface area (TPSA) is 64.6 Å². The lowest BCUT2D eigenvalue weighted by molar-refractivity contribution is -0.165. The lowest BCUT2D eigenvalue weighted by Gasteiger charge is -2.44. The van der Waals surface area contributed by atoms with E-state index in [1.807, 2.05) is 42.5 Å². The molecule has 0 aromatic heterocycles. The van der Waals surface area contributed by atoms with Crippen molar-refractivity contribution >= 4 is 23.5 Å². The van der Waals surface area contributed by atoms with Crippen molar-refractivity contribution in [3.05, 3.63) is 82.4 Å². The molecule has 6 heteroatoms. The molecule has 0 saturated carbocycles. The van der Waals surface area contributed by atoms with Gasteiger partial charge in [-0.3, -0.25) is 9.59 Å². The number of amides is 1. The first kappa shape index (κ1) is 25.5. The lowest BCUT2D eigenvalue weighted by atomic mass is 9.56. The average Bonchev–Trinajstić information content (AvgIpc) is 3.15. The highest BCUT2D eigenvalue weighted by Gasteiger charge is 2.66. The van der Waals surface area contributed by atoms with Crippen molar-refractivity contribution in [3.8, 4) is 0 Å². The fourth-order valence-corrected chi connectivity index (χ4v) is 6.07. The number of carbonyl (C=O) groups is 2. The molecule has 1 saturated heterocycles. The van der Waals surface area contributed by atoms with E-state index in [-0.39, 0.29) is 29.7 Å². The van der Waals surface area contributed by atoms with Crippen LogP contribution >= 0.6 is 11.6 Å². The SMILES string of the molecule is COC(=O)[C@@]12C(=O)N[C@@H](Cc3ccccc3)[C@@H]1[C@H](C)C(C)=C[C@@H]2CCOCCc1ccc(Cl)cc1. The standard InChI is InChI=1S/C29H34ClNO4/c1-19-17-23(14-16-35-15-13-21-9-11-24(30)12-10-21)29(28(33)34-3)26(20(19)2)25(31-27(29)32)18-22-7-5-4-6-8-22/h4-12,17,20,23,25-26H,13-16,18H2,1-3H3,(H,31,32)/t20-,23+,25+,26+,29-/m1/s1. The summed E-state index contributed by atoms with van der Waals surface area (Å²) in [6.07, 6.45) is 4.13. The Morgan fingerprint density at radius 2 is 1.77 bits per heavy atom. The molecule has 0 spiro atoms. The molecule has 186 valence electrons. The van der Waals surface area contributed by atoms with Crippen LogP contribution in [-0.4, -0.2) is 38.2 Å². The van der Waals surface area contributed by atoms with Crippen LogP contribution in [-0.2, 0) is 31.9 Å². The summed E-state index contributed by atoms with van der Waals surface area (Å²) in [4.78, 5) is 27.0. The number of carbonyl (C=O) groups excluding carboxylic acids is 2. The molecule has 2 aromatic rings.